The van der Waals surface area contributed by atoms with Crippen LogP contribution in [0.3, 0.4) is 0 Å². The maximum Gasteiger partial charge on any atom is 0.225 e. The first kappa shape index (κ1) is 15.1. The average Bonchev–Trinajstić information content (AvgIpc) is 2.39. The number of thioether (sulfide) groups is 1. The van der Waals surface area contributed by atoms with Crippen LogP contribution in [0.5, 0.6) is 0 Å². The van der Waals surface area contributed by atoms with E-state index in [1.54, 1.807) is 0 Å². The third-order valence-electron chi connectivity index (χ3n) is 4.40. The van der Waals surface area contributed by atoms with Gasteiger partial charge in [0.05, 0.1) is 5.92 Å². The summed E-state index contributed by atoms with van der Waals surface area (Å²) >= 11 is 2.02. The zero-order chi connectivity index (χ0) is 13.7. The number of carbonyl (C=O) groups is 1. The van der Waals surface area contributed by atoms with Crippen LogP contribution in [0.2, 0.25) is 0 Å². The maximum absolute atomic E-state index is 12.2. The molecule has 110 valence electrons. The molecule has 2 atom stereocenters. The molecule has 0 aromatic rings. The van der Waals surface area contributed by atoms with Crippen LogP contribution in [-0.4, -0.2) is 54.0 Å². The largest absolute Gasteiger partial charge is 0.355 e. The van der Waals surface area contributed by atoms with E-state index in [2.05, 4.69) is 10.2 Å². The van der Waals surface area contributed by atoms with Crippen molar-refractivity contribution in [3.63, 3.8) is 0 Å². The van der Waals surface area contributed by atoms with E-state index in [1.807, 2.05) is 18.7 Å². The monoisotopic (exact) mass is 285 g/mol. The van der Waals surface area contributed by atoms with Crippen molar-refractivity contribution < 1.29 is 4.79 Å². The minimum Gasteiger partial charge on any atom is -0.355 e. The minimum atomic E-state index is -0.315. The zero-order valence-corrected chi connectivity index (χ0v) is 12.8. The van der Waals surface area contributed by atoms with Crippen LogP contribution in [0.1, 0.15) is 32.6 Å². The van der Waals surface area contributed by atoms with Crippen molar-refractivity contribution in [1.29, 1.82) is 0 Å². The molecule has 3 N–H and O–H groups in total. The fourth-order valence-corrected chi connectivity index (χ4v) is 4.05. The van der Waals surface area contributed by atoms with Crippen molar-refractivity contribution in [2.45, 2.75) is 38.1 Å². The lowest BCUT2D eigenvalue weighted by atomic mass is 9.74. The molecule has 0 aromatic heterocycles. The molecule has 2 aliphatic rings. The Labute approximate surface area is 120 Å². The van der Waals surface area contributed by atoms with Crippen molar-refractivity contribution in [3.8, 4) is 0 Å². The lowest BCUT2D eigenvalue weighted by Crippen LogP contribution is -2.53. The number of rotatable bonds is 4. The van der Waals surface area contributed by atoms with E-state index in [9.17, 15) is 4.79 Å². The molecule has 2 unspecified atom stereocenters. The van der Waals surface area contributed by atoms with Gasteiger partial charge in [-0.2, -0.15) is 11.8 Å². The molecule has 2 fully saturated rings. The summed E-state index contributed by atoms with van der Waals surface area (Å²) in [4.78, 5) is 14.7. The second kappa shape index (κ2) is 6.95. The molecule has 2 rings (SSSR count). The molecule has 0 spiro atoms. The van der Waals surface area contributed by atoms with Crippen LogP contribution in [0.15, 0.2) is 0 Å². The van der Waals surface area contributed by atoms with Gasteiger partial charge in [0.1, 0.15) is 0 Å². The molecule has 5 heteroatoms. The third-order valence-corrected chi connectivity index (χ3v) is 5.34. The van der Waals surface area contributed by atoms with Gasteiger partial charge in [0.2, 0.25) is 5.91 Å². The Kier molecular flexibility index (Phi) is 5.54. The zero-order valence-electron chi connectivity index (χ0n) is 12.0. The Hall–Kier alpha value is -0.260. The van der Waals surface area contributed by atoms with Gasteiger partial charge in [-0.3, -0.25) is 9.69 Å². The van der Waals surface area contributed by atoms with Gasteiger partial charge in [0.25, 0.3) is 0 Å². The van der Waals surface area contributed by atoms with Gasteiger partial charge in [0.15, 0.2) is 0 Å². The van der Waals surface area contributed by atoms with Gasteiger partial charge in [0, 0.05) is 43.2 Å². The predicted molar refractivity (Wildman–Crippen MR) is 81.3 cm³/mol. The van der Waals surface area contributed by atoms with E-state index in [0.717, 1.165) is 51.9 Å². The van der Waals surface area contributed by atoms with E-state index in [4.69, 9.17) is 5.73 Å². The maximum atomic E-state index is 12.2. The number of nitrogens with zero attached hydrogens (tertiary/aromatic N) is 1. The fraction of sp³-hybridized carbons (Fsp3) is 0.929. The Morgan fingerprint density at radius 1 is 1.42 bits per heavy atom. The SMILES string of the molecule is CC1(N)CCCCC1C(=O)NCCN1CCSCC1. The highest BCUT2D eigenvalue weighted by atomic mass is 32.2. The molecule has 0 bridgehead atoms. The smallest absolute Gasteiger partial charge is 0.225 e. The third kappa shape index (κ3) is 4.36. The number of carbonyl (C=O) groups excluding carboxylic acids is 1. The van der Waals surface area contributed by atoms with E-state index in [-0.39, 0.29) is 17.4 Å². The average molecular weight is 285 g/mol. The summed E-state index contributed by atoms with van der Waals surface area (Å²) in [7, 11) is 0. The second-order valence-corrected chi connectivity index (χ2v) is 7.27. The summed E-state index contributed by atoms with van der Waals surface area (Å²) in [5.74, 6) is 2.60. The van der Waals surface area contributed by atoms with Gasteiger partial charge < -0.3 is 11.1 Å². The Bertz CT molecular complexity index is 303. The van der Waals surface area contributed by atoms with Crippen molar-refractivity contribution >= 4 is 17.7 Å². The molecule has 1 aliphatic carbocycles. The Morgan fingerprint density at radius 3 is 2.84 bits per heavy atom. The van der Waals surface area contributed by atoms with Gasteiger partial charge in [-0.25, -0.2) is 0 Å². The number of nitrogens with one attached hydrogen (secondary N) is 1. The lowest BCUT2D eigenvalue weighted by Gasteiger charge is -2.37. The summed E-state index contributed by atoms with van der Waals surface area (Å²) in [6.07, 6.45) is 4.20. The topological polar surface area (TPSA) is 58.4 Å². The minimum absolute atomic E-state index is 0.00170. The Balaban J connectivity index is 1.71. The van der Waals surface area contributed by atoms with Gasteiger partial charge in [-0.1, -0.05) is 12.8 Å². The fourth-order valence-electron chi connectivity index (χ4n) is 3.07. The molecule has 1 amide bonds. The van der Waals surface area contributed by atoms with Crippen LogP contribution < -0.4 is 11.1 Å². The van der Waals surface area contributed by atoms with Gasteiger partial charge in [-0.15, -0.1) is 0 Å². The number of hydrogen-bond donors (Lipinski definition) is 2. The first-order chi connectivity index (χ1) is 9.09. The first-order valence-electron chi connectivity index (χ1n) is 7.46. The Morgan fingerprint density at radius 2 is 2.16 bits per heavy atom. The van der Waals surface area contributed by atoms with Gasteiger partial charge >= 0.3 is 0 Å². The highest BCUT2D eigenvalue weighted by molar-refractivity contribution is 7.99. The summed E-state index contributed by atoms with van der Waals surface area (Å²) < 4.78 is 0. The van der Waals surface area contributed by atoms with Crippen LogP contribution >= 0.6 is 11.8 Å². The summed E-state index contributed by atoms with van der Waals surface area (Å²) in [5.41, 5.74) is 5.95. The van der Waals surface area contributed by atoms with Crippen molar-refractivity contribution in [3.05, 3.63) is 0 Å². The normalized spacial score (nSPS) is 33.1. The lowest BCUT2D eigenvalue weighted by molar-refractivity contribution is -0.128. The highest BCUT2D eigenvalue weighted by Gasteiger charge is 2.37. The van der Waals surface area contributed by atoms with Crippen LogP contribution in [0.4, 0.5) is 0 Å². The predicted octanol–water partition coefficient (Wildman–Crippen LogP) is 1.06. The van der Waals surface area contributed by atoms with Crippen LogP contribution in [-0.2, 0) is 4.79 Å². The summed E-state index contributed by atoms with van der Waals surface area (Å²) in [6.45, 7) is 6.06. The van der Waals surface area contributed by atoms with Crippen molar-refractivity contribution in [2.75, 3.05) is 37.7 Å². The quantitative estimate of drug-likeness (QED) is 0.811. The van der Waals surface area contributed by atoms with Crippen LogP contribution in [0.25, 0.3) is 0 Å². The highest BCUT2D eigenvalue weighted by Crippen LogP contribution is 2.31. The molecule has 1 heterocycles. The molecular weight excluding hydrogens is 258 g/mol. The van der Waals surface area contributed by atoms with Gasteiger partial charge in [-0.05, 0) is 19.8 Å². The standard InChI is InChI=1S/C14H27N3OS/c1-14(15)5-3-2-4-12(14)13(18)16-6-7-17-8-10-19-11-9-17/h12H,2-11,15H2,1H3,(H,16,18). The molecule has 0 aromatic carbocycles. The second-order valence-electron chi connectivity index (χ2n) is 6.05. The molecule has 4 nitrogen and oxygen atoms in total. The number of amides is 1. The number of hydrogen-bond acceptors (Lipinski definition) is 4. The van der Waals surface area contributed by atoms with Crippen molar-refractivity contribution in [2.24, 2.45) is 11.7 Å². The molecular formula is C14H27N3OS. The molecule has 0 radical (unpaired) electrons. The van der Waals surface area contributed by atoms with Crippen molar-refractivity contribution in [1.82, 2.24) is 10.2 Å². The van der Waals surface area contributed by atoms with E-state index >= 15 is 0 Å². The molecule has 1 aliphatic heterocycles. The van der Waals surface area contributed by atoms with Crippen LogP contribution in [0, 0.1) is 5.92 Å². The number of nitrogens with two attached hydrogens (primary N) is 1. The summed E-state index contributed by atoms with van der Waals surface area (Å²) in [6, 6.07) is 0. The summed E-state index contributed by atoms with van der Waals surface area (Å²) in [5, 5.41) is 3.09. The van der Waals surface area contributed by atoms with E-state index in [1.165, 1.54) is 11.5 Å². The van der Waals surface area contributed by atoms with E-state index in [0.29, 0.717) is 0 Å². The van der Waals surface area contributed by atoms with E-state index < -0.39 is 0 Å². The molecule has 1 saturated heterocycles. The molecule has 19 heavy (non-hydrogen) atoms. The first-order valence-corrected chi connectivity index (χ1v) is 8.62. The molecule has 1 saturated carbocycles.